The van der Waals surface area contributed by atoms with Crippen LogP contribution in [0.5, 0.6) is 0 Å². The SMILES string of the molecule is CC1CCC(C(C)C)C2(CNCC(CC3CCCC3)O2)C1. The molecule has 1 aliphatic heterocycles. The average Bonchev–Trinajstić information content (AvgIpc) is 2.91. The molecule has 122 valence electrons. The first-order valence-electron chi connectivity index (χ1n) is 9.47. The Morgan fingerprint density at radius 1 is 1.14 bits per heavy atom. The van der Waals surface area contributed by atoms with Crippen LogP contribution in [0.3, 0.4) is 0 Å². The fourth-order valence-electron chi connectivity index (χ4n) is 5.46. The number of hydrogen-bond acceptors (Lipinski definition) is 2. The number of hydrogen-bond donors (Lipinski definition) is 1. The third-order valence-corrected chi connectivity index (χ3v) is 6.41. The molecular formula is C19H35NO. The van der Waals surface area contributed by atoms with Crippen LogP contribution >= 0.6 is 0 Å². The fraction of sp³-hybridized carbons (Fsp3) is 1.00. The Labute approximate surface area is 131 Å². The van der Waals surface area contributed by atoms with E-state index in [0.29, 0.717) is 6.10 Å². The third kappa shape index (κ3) is 3.47. The second-order valence-electron chi connectivity index (χ2n) is 8.56. The first-order chi connectivity index (χ1) is 10.1. The van der Waals surface area contributed by atoms with E-state index in [0.717, 1.165) is 36.8 Å². The lowest BCUT2D eigenvalue weighted by molar-refractivity contribution is -0.183. The van der Waals surface area contributed by atoms with Crippen molar-refractivity contribution in [3.63, 3.8) is 0 Å². The van der Waals surface area contributed by atoms with Crippen molar-refractivity contribution in [3.05, 3.63) is 0 Å². The molecule has 2 heteroatoms. The highest BCUT2D eigenvalue weighted by Gasteiger charge is 2.48. The van der Waals surface area contributed by atoms with Crippen molar-refractivity contribution in [2.45, 2.75) is 83.8 Å². The van der Waals surface area contributed by atoms with E-state index >= 15 is 0 Å². The number of ether oxygens (including phenoxy) is 1. The van der Waals surface area contributed by atoms with Crippen molar-refractivity contribution in [2.24, 2.45) is 23.7 Å². The van der Waals surface area contributed by atoms with E-state index in [9.17, 15) is 0 Å². The molecule has 4 unspecified atom stereocenters. The van der Waals surface area contributed by atoms with Crippen LogP contribution in [0.4, 0.5) is 0 Å². The Morgan fingerprint density at radius 2 is 1.90 bits per heavy atom. The van der Waals surface area contributed by atoms with Crippen molar-refractivity contribution in [2.75, 3.05) is 13.1 Å². The maximum Gasteiger partial charge on any atom is 0.0843 e. The summed E-state index contributed by atoms with van der Waals surface area (Å²) in [4.78, 5) is 0. The Hall–Kier alpha value is -0.0800. The van der Waals surface area contributed by atoms with Gasteiger partial charge < -0.3 is 10.1 Å². The van der Waals surface area contributed by atoms with E-state index in [1.807, 2.05) is 0 Å². The van der Waals surface area contributed by atoms with Crippen LogP contribution in [0.15, 0.2) is 0 Å². The molecule has 0 aromatic heterocycles. The molecular weight excluding hydrogens is 258 g/mol. The molecule has 3 rings (SSSR count). The molecule has 0 aromatic carbocycles. The monoisotopic (exact) mass is 293 g/mol. The molecule has 3 aliphatic rings. The van der Waals surface area contributed by atoms with Crippen LogP contribution in [-0.2, 0) is 4.74 Å². The maximum atomic E-state index is 6.86. The van der Waals surface area contributed by atoms with E-state index in [2.05, 4.69) is 26.1 Å². The summed E-state index contributed by atoms with van der Waals surface area (Å²) in [5, 5.41) is 3.75. The Balaban J connectivity index is 1.68. The van der Waals surface area contributed by atoms with Crippen molar-refractivity contribution in [1.29, 1.82) is 0 Å². The number of rotatable bonds is 3. The minimum atomic E-state index is 0.132. The van der Waals surface area contributed by atoms with E-state index in [-0.39, 0.29) is 5.60 Å². The van der Waals surface area contributed by atoms with Gasteiger partial charge in [0.15, 0.2) is 0 Å². The molecule has 4 atom stereocenters. The summed E-state index contributed by atoms with van der Waals surface area (Å²) in [6.45, 7) is 9.37. The molecule has 2 saturated carbocycles. The van der Waals surface area contributed by atoms with Gasteiger partial charge in [-0.2, -0.15) is 0 Å². The summed E-state index contributed by atoms with van der Waals surface area (Å²) >= 11 is 0. The molecule has 2 nitrogen and oxygen atoms in total. The van der Waals surface area contributed by atoms with E-state index in [1.54, 1.807) is 0 Å². The highest BCUT2D eigenvalue weighted by atomic mass is 16.5. The van der Waals surface area contributed by atoms with Gasteiger partial charge in [0.05, 0.1) is 11.7 Å². The smallest absolute Gasteiger partial charge is 0.0843 e. The predicted molar refractivity (Wildman–Crippen MR) is 88.4 cm³/mol. The summed E-state index contributed by atoms with van der Waals surface area (Å²) < 4.78 is 6.86. The van der Waals surface area contributed by atoms with Gasteiger partial charge >= 0.3 is 0 Å². The predicted octanol–water partition coefficient (Wildman–Crippen LogP) is 4.39. The first kappa shape index (κ1) is 15.8. The molecule has 2 aliphatic carbocycles. The standard InChI is InChI=1S/C19H35NO/c1-14(2)18-9-8-15(3)11-19(18)13-20-12-17(21-19)10-16-6-4-5-7-16/h14-18,20H,4-13H2,1-3H3. The zero-order valence-corrected chi connectivity index (χ0v) is 14.4. The molecule has 1 N–H and O–H groups in total. The second-order valence-corrected chi connectivity index (χ2v) is 8.56. The van der Waals surface area contributed by atoms with Gasteiger partial charge in [-0.1, -0.05) is 52.9 Å². The van der Waals surface area contributed by atoms with Crippen molar-refractivity contribution in [3.8, 4) is 0 Å². The second kappa shape index (κ2) is 6.58. The Bertz CT molecular complexity index is 336. The molecule has 3 fully saturated rings. The Morgan fingerprint density at radius 3 is 2.62 bits per heavy atom. The molecule has 0 amide bonds. The first-order valence-corrected chi connectivity index (χ1v) is 9.47. The van der Waals surface area contributed by atoms with Crippen LogP contribution in [0, 0.1) is 23.7 Å². The summed E-state index contributed by atoms with van der Waals surface area (Å²) in [6, 6.07) is 0. The molecule has 0 aromatic rings. The third-order valence-electron chi connectivity index (χ3n) is 6.41. The quantitative estimate of drug-likeness (QED) is 0.833. The lowest BCUT2D eigenvalue weighted by Gasteiger charge is -2.52. The van der Waals surface area contributed by atoms with E-state index in [4.69, 9.17) is 4.74 Å². The minimum absolute atomic E-state index is 0.132. The lowest BCUT2D eigenvalue weighted by Crippen LogP contribution is -2.61. The Kier molecular flexibility index (Phi) is 4.95. The van der Waals surface area contributed by atoms with Crippen LogP contribution in [0.2, 0.25) is 0 Å². The van der Waals surface area contributed by atoms with Crippen molar-refractivity contribution >= 4 is 0 Å². The molecule has 21 heavy (non-hydrogen) atoms. The normalized spacial score (nSPS) is 42.0. The number of nitrogens with one attached hydrogen (secondary N) is 1. The van der Waals surface area contributed by atoms with Crippen molar-refractivity contribution < 1.29 is 4.74 Å². The average molecular weight is 293 g/mol. The highest BCUT2D eigenvalue weighted by molar-refractivity contribution is 5.00. The molecule has 0 bridgehead atoms. The largest absolute Gasteiger partial charge is 0.369 e. The zero-order valence-electron chi connectivity index (χ0n) is 14.4. The van der Waals surface area contributed by atoms with Crippen molar-refractivity contribution in [1.82, 2.24) is 5.32 Å². The van der Waals surface area contributed by atoms with Crippen LogP contribution in [-0.4, -0.2) is 24.8 Å². The summed E-state index contributed by atoms with van der Waals surface area (Å²) in [7, 11) is 0. The molecule has 1 heterocycles. The highest BCUT2D eigenvalue weighted by Crippen LogP contribution is 2.45. The van der Waals surface area contributed by atoms with Gasteiger partial charge in [-0.05, 0) is 42.9 Å². The van der Waals surface area contributed by atoms with Gasteiger partial charge in [-0.15, -0.1) is 0 Å². The maximum absolute atomic E-state index is 6.86. The molecule has 0 radical (unpaired) electrons. The van der Waals surface area contributed by atoms with Gasteiger partial charge in [-0.25, -0.2) is 0 Å². The van der Waals surface area contributed by atoms with Crippen LogP contribution in [0.25, 0.3) is 0 Å². The molecule has 1 saturated heterocycles. The van der Waals surface area contributed by atoms with Gasteiger partial charge in [0.1, 0.15) is 0 Å². The van der Waals surface area contributed by atoms with E-state index in [1.165, 1.54) is 51.4 Å². The lowest BCUT2D eigenvalue weighted by atomic mass is 9.66. The van der Waals surface area contributed by atoms with Crippen LogP contribution < -0.4 is 5.32 Å². The minimum Gasteiger partial charge on any atom is -0.369 e. The fourth-order valence-corrected chi connectivity index (χ4v) is 5.46. The molecule has 1 spiro atoms. The zero-order chi connectivity index (χ0) is 14.9. The number of morpholine rings is 1. The summed E-state index contributed by atoms with van der Waals surface area (Å²) in [6.07, 6.45) is 11.6. The topological polar surface area (TPSA) is 21.3 Å². The van der Waals surface area contributed by atoms with Gasteiger partial charge in [0.2, 0.25) is 0 Å². The summed E-state index contributed by atoms with van der Waals surface area (Å²) in [5.41, 5.74) is 0.132. The summed E-state index contributed by atoms with van der Waals surface area (Å²) in [5.74, 6) is 3.25. The van der Waals surface area contributed by atoms with Gasteiger partial charge in [-0.3, -0.25) is 0 Å². The van der Waals surface area contributed by atoms with Crippen LogP contribution in [0.1, 0.15) is 72.1 Å². The van der Waals surface area contributed by atoms with Gasteiger partial charge in [0.25, 0.3) is 0 Å². The van der Waals surface area contributed by atoms with Gasteiger partial charge in [0, 0.05) is 13.1 Å². The van der Waals surface area contributed by atoms with E-state index < -0.39 is 0 Å².